The molecule has 0 radical (unpaired) electrons. The lowest BCUT2D eigenvalue weighted by Gasteiger charge is -2.18. The molecule has 4 N–H and O–H groups in total. The highest BCUT2D eigenvalue weighted by Crippen LogP contribution is 2.39. The Labute approximate surface area is 172 Å². The van der Waals surface area contributed by atoms with Crippen molar-refractivity contribution in [2.45, 2.75) is 11.8 Å². The van der Waals surface area contributed by atoms with Crippen molar-refractivity contribution in [3.8, 4) is 11.5 Å². The zero-order chi connectivity index (χ0) is 20.8. The Hall–Kier alpha value is -2.47. The van der Waals surface area contributed by atoms with E-state index in [0.29, 0.717) is 0 Å². The zero-order valence-corrected chi connectivity index (χ0v) is 17.0. The van der Waals surface area contributed by atoms with Crippen LogP contribution >= 0.6 is 27.7 Å². The number of nitrogens with one attached hydrogen (secondary N) is 2. The Morgan fingerprint density at radius 3 is 2.71 bits per heavy atom. The molecule has 152 valence electrons. The van der Waals surface area contributed by atoms with Crippen LogP contribution in [0.5, 0.6) is 11.5 Å². The first-order valence-electron chi connectivity index (χ1n) is 7.86. The van der Waals surface area contributed by atoms with Crippen molar-refractivity contribution in [3.05, 3.63) is 21.7 Å². The highest BCUT2D eigenvalue weighted by molar-refractivity contribution is 9.10. The zero-order valence-electron chi connectivity index (χ0n) is 14.6. The quantitative estimate of drug-likeness (QED) is 0.440. The maximum Gasteiger partial charge on any atom is 0.340 e. The predicted octanol–water partition coefficient (Wildman–Crippen LogP) is 0.252. The normalized spacial score (nSPS) is 18.8. The molecule has 0 spiro atoms. The summed E-state index contributed by atoms with van der Waals surface area (Å²) in [6.07, 6.45) is 0. The Morgan fingerprint density at radius 1 is 1.36 bits per heavy atom. The summed E-state index contributed by atoms with van der Waals surface area (Å²) in [6.45, 7) is -1.12. The molecule has 0 unspecified atom stereocenters. The van der Waals surface area contributed by atoms with Crippen molar-refractivity contribution >= 4 is 51.4 Å². The van der Waals surface area contributed by atoms with E-state index >= 15 is 0 Å². The number of rotatable bonds is 2. The van der Waals surface area contributed by atoms with Crippen LogP contribution < -0.4 is 15.4 Å². The number of carbonyl (C=O) groups is 4. The van der Waals surface area contributed by atoms with E-state index in [1.807, 2.05) is 0 Å². The van der Waals surface area contributed by atoms with Gasteiger partial charge in [-0.3, -0.25) is 9.59 Å². The number of cyclic esters (lactones) is 1. The van der Waals surface area contributed by atoms with Gasteiger partial charge in [0.25, 0.3) is 5.91 Å². The van der Waals surface area contributed by atoms with Crippen LogP contribution in [0.2, 0.25) is 0 Å². The summed E-state index contributed by atoms with van der Waals surface area (Å²) in [4.78, 5) is 47.4. The molecule has 12 heteroatoms. The number of methoxy groups -OCH3 is 1. The first-order valence-corrected chi connectivity index (χ1v) is 9.81. The number of carboxylic acid groups (broad SMARTS) is 1. The fraction of sp³-hybridized carbons (Fsp3) is 0.375. The number of thioether (sulfide) groups is 1. The first kappa shape index (κ1) is 21.8. The molecule has 0 saturated carbocycles. The van der Waals surface area contributed by atoms with E-state index in [1.54, 1.807) is 0 Å². The second-order valence-corrected chi connectivity index (χ2v) is 7.42. The number of hydrogen-bond acceptors (Lipinski definition) is 8. The fourth-order valence-corrected chi connectivity index (χ4v) is 4.05. The third kappa shape index (κ3) is 5.29. The number of halogens is 1. The van der Waals surface area contributed by atoms with Gasteiger partial charge >= 0.3 is 11.9 Å². The number of aromatic hydroxyl groups is 1. The molecule has 0 aliphatic carbocycles. The van der Waals surface area contributed by atoms with Gasteiger partial charge in [0, 0.05) is 23.1 Å². The molecule has 0 aromatic heterocycles. The maximum absolute atomic E-state index is 12.5. The van der Waals surface area contributed by atoms with E-state index in [0.717, 1.165) is 11.8 Å². The minimum Gasteiger partial charge on any atom is -0.507 e. The Morgan fingerprint density at radius 2 is 2.07 bits per heavy atom. The van der Waals surface area contributed by atoms with Gasteiger partial charge in [0.05, 0.1) is 23.7 Å². The van der Waals surface area contributed by atoms with Crippen LogP contribution in [0.25, 0.3) is 0 Å². The van der Waals surface area contributed by atoms with Gasteiger partial charge in [-0.05, 0) is 15.9 Å². The van der Waals surface area contributed by atoms with Gasteiger partial charge in [-0.15, -0.1) is 0 Å². The van der Waals surface area contributed by atoms with Crippen molar-refractivity contribution in [1.29, 1.82) is 0 Å². The van der Waals surface area contributed by atoms with Crippen LogP contribution in [-0.2, 0) is 24.9 Å². The second kappa shape index (κ2) is 9.64. The average molecular weight is 477 g/mol. The van der Waals surface area contributed by atoms with Gasteiger partial charge in [0.15, 0.2) is 6.61 Å². The number of fused-ring (bicyclic) bond motifs is 1. The van der Waals surface area contributed by atoms with E-state index in [9.17, 15) is 29.4 Å². The van der Waals surface area contributed by atoms with Crippen LogP contribution in [0.3, 0.4) is 0 Å². The van der Waals surface area contributed by atoms with Gasteiger partial charge in [-0.2, -0.15) is 11.8 Å². The molecule has 0 saturated heterocycles. The summed E-state index contributed by atoms with van der Waals surface area (Å²) in [5, 5.41) is 24.1. The maximum atomic E-state index is 12.5. The van der Waals surface area contributed by atoms with Gasteiger partial charge in [0.1, 0.15) is 17.5 Å². The third-order valence-corrected chi connectivity index (χ3v) is 5.53. The molecular weight excluding hydrogens is 460 g/mol. The number of ether oxygens (including phenoxy) is 2. The molecule has 1 aromatic rings. The van der Waals surface area contributed by atoms with E-state index in [-0.39, 0.29) is 38.6 Å². The topological polar surface area (TPSA) is 151 Å². The first-order chi connectivity index (χ1) is 13.2. The summed E-state index contributed by atoms with van der Waals surface area (Å²) in [5.41, 5.74) is 0.140. The molecule has 0 fully saturated rings. The highest BCUT2D eigenvalue weighted by Gasteiger charge is 2.26. The van der Waals surface area contributed by atoms with E-state index in [4.69, 9.17) is 9.47 Å². The van der Waals surface area contributed by atoms with Crippen LogP contribution in [0.1, 0.15) is 15.9 Å². The lowest BCUT2D eigenvalue weighted by atomic mass is 10.1. The summed E-state index contributed by atoms with van der Waals surface area (Å²) in [7, 11) is 1.35. The van der Waals surface area contributed by atoms with Crippen LogP contribution in [0.15, 0.2) is 10.5 Å². The average Bonchev–Trinajstić information content (AvgIpc) is 2.65. The molecule has 10 nitrogen and oxygen atoms in total. The monoisotopic (exact) mass is 476 g/mol. The highest BCUT2D eigenvalue weighted by atomic mass is 79.9. The molecule has 2 rings (SSSR count). The smallest absolute Gasteiger partial charge is 0.340 e. The number of benzene rings is 1. The minimum absolute atomic E-state index is 0.0351. The number of phenols is 1. The predicted molar refractivity (Wildman–Crippen MR) is 101 cm³/mol. The number of amides is 2. The second-order valence-electron chi connectivity index (χ2n) is 5.59. The Kier molecular flexibility index (Phi) is 7.52. The largest absolute Gasteiger partial charge is 0.507 e. The van der Waals surface area contributed by atoms with Crippen molar-refractivity contribution in [1.82, 2.24) is 10.6 Å². The number of carboxylic acids is 1. The van der Waals surface area contributed by atoms with Crippen LogP contribution in [-0.4, -0.2) is 66.0 Å². The van der Waals surface area contributed by atoms with E-state index in [1.165, 1.54) is 13.2 Å². The summed E-state index contributed by atoms with van der Waals surface area (Å²) >= 11 is 4.32. The number of esters is 1. The number of hydrogen-bond donors (Lipinski definition) is 4. The summed E-state index contributed by atoms with van der Waals surface area (Å²) in [5.74, 6) is -3.64. The number of phenolic OH excluding ortho intramolecular Hbond substituents is 1. The Bertz CT molecular complexity index is 816. The van der Waals surface area contributed by atoms with Crippen molar-refractivity contribution in [2.24, 2.45) is 0 Å². The molecule has 0 bridgehead atoms. The van der Waals surface area contributed by atoms with Gasteiger partial charge in [0.2, 0.25) is 5.91 Å². The van der Waals surface area contributed by atoms with Crippen molar-refractivity contribution in [2.75, 3.05) is 26.0 Å². The fourth-order valence-electron chi connectivity index (χ4n) is 2.30. The lowest BCUT2D eigenvalue weighted by molar-refractivity contribution is -0.141. The minimum atomic E-state index is -1.25. The van der Waals surface area contributed by atoms with E-state index in [2.05, 4.69) is 26.6 Å². The molecule has 1 heterocycles. The SMILES string of the molecule is COc1cc(O)c2c(c1Br)C(=O)OCC(=O)NCC(=O)N[C@H](C(=O)O)CSC2. The molecule has 2 amide bonds. The molecular formula is C16H17BrN2O8S. The van der Waals surface area contributed by atoms with Crippen LogP contribution in [0.4, 0.5) is 0 Å². The standard InChI is InChI=1S/C16H17BrN2O8S/c1-26-10-2-9(20)7-5-28-6-8(15(23)24)19-11(21)3-18-12(22)4-27-16(25)13(7)14(10)17/h2,8,20H,3-6H2,1H3,(H,18,22)(H,19,21)(H,23,24)/t8-/m0/s1. The Balaban J connectivity index is 2.41. The summed E-state index contributed by atoms with van der Waals surface area (Å²) in [6, 6.07) is 0.0832. The van der Waals surface area contributed by atoms with Crippen molar-refractivity contribution in [3.63, 3.8) is 0 Å². The molecule has 1 aliphatic rings. The van der Waals surface area contributed by atoms with Crippen molar-refractivity contribution < 1.29 is 38.9 Å². The number of aliphatic carboxylic acids is 1. The number of carbonyl (C=O) groups excluding carboxylic acids is 3. The molecule has 28 heavy (non-hydrogen) atoms. The van der Waals surface area contributed by atoms with Gasteiger partial charge in [-0.1, -0.05) is 0 Å². The van der Waals surface area contributed by atoms with Gasteiger partial charge < -0.3 is 30.3 Å². The van der Waals surface area contributed by atoms with Crippen LogP contribution in [0, 0.1) is 0 Å². The molecule has 1 atom stereocenters. The van der Waals surface area contributed by atoms with E-state index < -0.39 is 42.9 Å². The molecule has 1 aliphatic heterocycles. The third-order valence-electron chi connectivity index (χ3n) is 3.68. The van der Waals surface area contributed by atoms with Gasteiger partial charge in [-0.25, -0.2) is 9.59 Å². The summed E-state index contributed by atoms with van der Waals surface area (Å²) < 4.78 is 10.3. The molecule has 1 aromatic carbocycles. The lowest BCUT2D eigenvalue weighted by Crippen LogP contribution is -2.47.